The zero-order chi connectivity index (χ0) is 12.3. The average Bonchev–Trinajstić information content (AvgIpc) is 2.76. The van der Waals surface area contributed by atoms with Crippen molar-refractivity contribution >= 4 is 5.91 Å². The van der Waals surface area contributed by atoms with Crippen LogP contribution in [0.25, 0.3) is 0 Å². The summed E-state index contributed by atoms with van der Waals surface area (Å²) in [6.07, 6.45) is 0.597. The van der Waals surface area contributed by atoms with Crippen LogP contribution in [0.4, 0.5) is 0 Å². The summed E-state index contributed by atoms with van der Waals surface area (Å²) >= 11 is 0. The number of rotatable bonds is 4. The SMILES string of the molecule is CCNC1COC(C(N)=O)(c2ccccc2)C1. The summed E-state index contributed by atoms with van der Waals surface area (Å²) < 4.78 is 5.72. The molecule has 1 aromatic rings. The quantitative estimate of drug-likeness (QED) is 0.808. The van der Waals surface area contributed by atoms with Gasteiger partial charge in [0.15, 0.2) is 5.60 Å². The molecule has 17 heavy (non-hydrogen) atoms. The molecule has 2 atom stereocenters. The minimum absolute atomic E-state index is 0.188. The maximum atomic E-state index is 11.7. The van der Waals surface area contributed by atoms with Gasteiger partial charge in [0.25, 0.3) is 5.91 Å². The van der Waals surface area contributed by atoms with Crippen LogP contribution in [0.5, 0.6) is 0 Å². The van der Waals surface area contributed by atoms with E-state index in [1.165, 1.54) is 0 Å². The number of nitrogens with one attached hydrogen (secondary N) is 1. The molecule has 0 radical (unpaired) electrons. The lowest BCUT2D eigenvalue weighted by molar-refractivity contribution is -0.139. The van der Waals surface area contributed by atoms with E-state index in [9.17, 15) is 4.79 Å². The first kappa shape index (κ1) is 12.1. The molecule has 1 aliphatic rings. The van der Waals surface area contributed by atoms with Crippen molar-refractivity contribution in [2.75, 3.05) is 13.2 Å². The first-order valence-corrected chi connectivity index (χ1v) is 5.92. The highest BCUT2D eigenvalue weighted by Crippen LogP contribution is 2.35. The van der Waals surface area contributed by atoms with Crippen LogP contribution in [0.15, 0.2) is 30.3 Å². The van der Waals surface area contributed by atoms with E-state index in [-0.39, 0.29) is 6.04 Å². The highest BCUT2D eigenvalue weighted by Gasteiger charge is 2.46. The van der Waals surface area contributed by atoms with Crippen molar-refractivity contribution in [1.29, 1.82) is 0 Å². The second-order valence-corrected chi connectivity index (χ2v) is 4.33. The van der Waals surface area contributed by atoms with Crippen molar-refractivity contribution in [2.45, 2.75) is 25.0 Å². The Bertz CT molecular complexity index is 394. The van der Waals surface area contributed by atoms with Gasteiger partial charge in [-0.05, 0) is 12.1 Å². The lowest BCUT2D eigenvalue weighted by Crippen LogP contribution is -2.41. The summed E-state index contributed by atoms with van der Waals surface area (Å²) in [5.74, 6) is -0.413. The number of likely N-dealkylation sites (N-methyl/N-ethyl adjacent to an activating group) is 1. The number of amides is 1. The van der Waals surface area contributed by atoms with Crippen molar-refractivity contribution in [3.8, 4) is 0 Å². The van der Waals surface area contributed by atoms with Gasteiger partial charge in [-0.3, -0.25) is 4.79 Å². The van der Waals surface area contributed by atoms with E-state index < -0.39 is 11.5 Å². The van der Waals surface area contributed by atoms with Gasteiger partial charge in [-0.2, -0.15) is 0 Å². The zero-order valence-corrected chi connectivity index (χ0v) is 9.98. The average molecular weight is 234 g/mol. The molecule has 1 saturated heterocycles. The number of hydrogen-bond donors (Lipinski definition) is 2. The normalized spacial score (nSPS) is 28.2. The first-order chi connectivity index (χ1) is 8.19. The second kappa shape index (κ2) is 4.85. The van der Waals surface area contributed by atoms with Gasteiger partial charge in [-0.15, -0.1) is 0 Å². The number of carbonyl (C=O) groups excluding carboxylic acids is 1. The number of nitrogens with two attached hydrogens (primary N) is 1. The lowest BCUT2D eigenvalue weighted by Gasteiger charge is -2.25. The molecule has 0 aliphatic carbocycles. The molecule has 0 spiro atoms. The molecule has 0 aromatic heterocycles. The van der Waals surface area contributed by atoms with E-state index >= 15 is 0 Å². The van der Waals surface area contributed by atoms with Gasteiger partial charge in [0, 0.05) is 12.5 Å². The predicted molar refractivity (Wildman–Crippen MR) is 65.3 cm³/mol. The fourth-order valence-corrected chi connectivity index (χ4v) is 2.35. The summed E-state index contributed by atoms with van der Waals surface area (Å²) in [5, 5.41) is 3.29. The van der Waals surface area contributed by atoms with Gasteiger partial charge >= 0.3 is 0 Å². The van der Waals surface area contributed by atoms with Crippen LogP contribution < -0.4 is 11.1 Å². The third kappa shape index (κ3) is 2.18. The number of hydrogen-bond acceptors (Lipinski definition) is 3. The predicted octanol–water partition coefficient (Wildman–Crippen LogP) is 0.766. The number of ether oxygens (including phenoxy) is 1. The van der Waals surface area contributed by atoms with Crippen LogP contribution in [-0.4, -0.2) is 25.1 Å². The van der Waals surface area contributed by atoms with Crippen molar-refractivity contribution in [1.82, 2.24) is 5.32 Å². The molecule has 1 fully saturated rings. The summed E-state index contributed by atoms with van der Waals surface area (Å²) in [4.78, 5) is 11.7. The minimum Gasteiger partial charge on any atom is -0.367 e. The molecule has 3 N–H and O–H groups in total. The Morgan fingerprint density at radius 2 is 2.24 bits per heavy atom. The highest BCUT2D eigenvalue weighted by atomic mass is 16.5. The summed E-state index contributed by atoms with van der Waals surface area (Å²) in [5.41, 5.74) is 5.41. The van der Waals surface area contributed by atoms with E-state index in [2.05, 4.69) is 5.32 Å². The van der Waals surface area contributed by atoms with Gasteiger partial charge < -0.3 is 15.8 Å². The molecular weight excluding hydrogens is 216 g/mol. The van der Waals surface area contributed by atoms with Crippen LogP contribution >= 0.6 is 0 Å². The molecule has 1 aromatic carbocycles. The van der Waals surface area contributed by atoms with Crippen molar-refractivity contribution in [2.24, 2.45) is 5.73 Å². The Hall–Kier alpha value is -1.39. The Balaban J connectivity index is 2.27. The number of carbonyl (C=O) groups is 1. The Morgan fingerprint density at radius 1 is 1.53 bits per heavy atom. The van der Waals surface area contributed by atoms with Crippen molar-refractivity contribution in [3.05, 3.63) is 35.9 Å². The van der Waals surface area contributed by atoms with Gasteiger partial charge in [0.2, 0.25) is 0 Å². The molecule has 1 amide bonds. The van der Waals surface area contributed by atoms with Crippen molar-refractivity contribution < 1.29 is 9.53 Å². The Morgan fingerprint density at radius 3 is 2.82 bits per heavy atom. The fourth-order valence-electron chi connectivity index (χ4n) is 2.35. The van der Waals surface area contributed by atoms with Crippen LogP contribution in [0.1, 0.15) is 18.9 Å². The molecule has 4 nitrogen and oxygen atoms in total. The van der Waals surface area contributed by atoms with Crippen LogP contribution in [-0.2, 0) is 15.1 Å². The fraction of sp³-hybridized carbons (Fsp3) is 0.462. The molecule has 4 heteroatoms. The van der Waals surface area contributed by atoms with Crippen LogP contribution in [0.2, 0.25) is 0 Å². The number of benzene rings is 1. The molecule has 2 unspecified atom stereocenters. The van der Waals surface area contributed by atoms with Gasteiger partial charge in [0.1, 0.15) is 0 Å². The highest BCUT2D eigenvalue weighted by molar-refractivity contribution is 5.85. The van der Waals surface area contributed by atoms with E-state index in [1.54, 1.807) is 0 Å². The van der Waals surface area contributed by atoms with E-state index in [4.69, 9.17) is 10.5 Å². The van der Waals surface area contributed by atoms with Gasteiger partial charge in [-0.1, -0.05) is 37.3 Å². The summed E-state index contributed by atoms with van der Waals surface area (Å²) in [6, 6.07) is 9.66. The number of primary amides is 1. The van der Waals surface area contributed by atoms with Crippen LogP contribution in [0.3, 0.4) is 0 Å². The van der Waals surface area contributed by atoms with E-state index in [0.717, 1.165) is 12.1 Å². The van der Waals surface area contributed by atoms with Crippen LogP contribution in [0, 0.1) is 0 Å². The minimum atomic E-state index is -0.964. The maximum absolute atomic E-state index is 11.7. The van der Waals surface area contributed by atoms with E-state index in [1.807, 2.05) is 37.3 Å². The summed E-state index contributed by atoms with van der Waals surface area (Å²) in [6.45, 7) is 3.41. The molecular formula is C13H18N2O2. The molecule has 92 valence electrons. The largest absolute Gasteiger partial charge is 0.367 e. The van der Waals surface area contributed by atoms with Gasteiger partial charge in [0.05, 0.1) is 6.61 Å². The Kier molecular flexibility index (Phi) is 3.45. The Labute approximate surface area is 101 Å². The smallest absolute Gasteiger partial charge is 0.254 e. The molecule has 0 saturated carbocycles. The molecule has 1 aliphatic heterocycles. The second-order valence-electron chi connectivity index (χ2n) is 4.33. The third-order valence-corrected chi connectivity index (χ3v) is 3.20. The standard InChI is InChI=1S/C13H18N2O2/c1-2-15-11-8-13(12(14)16,17-9-11)10-6-4-3-5-7-10/h3-7,11,15H,2,8-9H2,1H3,(H2,14,16). The third-order valence-electron chi connectivity index (χ3n) is 3.20. The maximum Gasteiger partial charge on any atom is 0.254 e. The molecule has 0 bridgehead atoms. The monoisotopic (exact) mass is 234 g/mol. The zero-order valence-electron chi connectivity index (χ0n) is 9.98. The lowest BCUT2D eigenvalue weighted by atomic mass is 9.89. The summed E-state index contributed by atoms with van der Waals surface area (Å²) in [7, 11) is 0. The van der Waals surface area contributed by atoms with Gasteiger partial charge in [-0.25, -0.2) is 0 Å². The first-order valence-electron chi connectivity index (χ1n) is 5.92. The molecule has 2 rings (SSSR count). The topological polar surface area (TPSA) is 64.3 Å². The molecule has 1 heterocycles. The van der Waals surface area contributed by atoms with Crippen molar-refractivity contribution in [3.63, 3.8) is 0 Å². The van der Waals surface area contributed by atoms with E-state index in [0.29, 0.717) is 13.0 Å².